The number of benzene rings is 2. The maximum Gasteiger partial charge on any atom is 0.256 e. The van der Waals surface area contributed by atoms with E-state index in [1.54, 1.807) is 0 Å². The Morgan fingerprint density at radius 1 is 1.16 bits per heavy atom. The number of carbonyl (C=O) groups excluding carboxylic acids is 2. The maximum absolute atomic E-state index is 12.9. The molecule has 1 atom stereocenters. The summed E-state index contributed by atoms with van der Waals surface area (Å²) in [6, 6.07) is 15.3. The first-order chi connectivity index (χ1) is 12.0. The highest BCUT2D eigenvalue weighted by Crippen LogP contribution is 2.48. The molecule has 1 unspecified atom stereocenters. The minimum atomic E-state index is -0.587. The molecule has 2 amide bonds. The van der Waals surface area contributed by atoms with Crippen LogP contribution in [-0.4, -0.2) is 48.4 Å². The smallest absolute Gasteiger partial charge is 0.256 e. The fourth-order valence-corrected chi connectivity index (χ4v) is 3.97. The van der Waals surface area contributed by atoms with Crippen molar-refractivity contribution in [3.05, 3.63) is 65.2 Å². The Kier molecular flexibility index (Phi) is 3.51. The molecule has 1 saturated heterocycles. The summed E-state index contributed by atoms with van der Waals surface area (Å²) in [6.07, 6.45) is 0. The SMILES string of the molecule is CN1CCN2C(=O)c3ccccc3C12c1ccc(OCC(N)=O)cc1. The third-order valence-corrected chi connectivity index (χ3v) is 5.02. The minimum Gasteiger partial charge on any atom is -0.484 e. The van der Waals surface area contributed by atoms with Gasteiger partial charge in [0.1, 0.15) is 11.4 Å². The zero-order valence-corrected chi connectivity index (χ0v) is 13.9. The Labute approximate surface area is 145 Å². The van der Waals surface area contributed by atoms with Gasteiger partial charge in [-0.1, -0.05) is 30.3 Å². The van der Waals surface area contributed by atoms with E-state index in [-0.39, 0.29) is 12.5 Å². The van der Waals surface area contributed by atoms with Gasteiger partial charge < -0.3 is 15.4 Å². The van der Waals surface area contributed by atoms with Gasteiger partial charge in [-0.2, -0.15) is 0 Å². The van der Waals surface area contributed by atoms with Crippen molar-refractivity contribution in [1.82, 2.24) is 9.80 Å². The quantitative estimate of drug-likeness (QED) is 0.908. The van der Waals surface area contributed by atoms with Crippen molar-refractivity contribution in [2.45, 2.75) is 5.66 Å². The fraction of sp³-hybridized carbons (Fsp3) is 0.263. The summed E-state index contributed by atoms with van der Waals surface area (Å²) in [4.78, 5) is 27.9. The minimum absolute atomic E-state index is 0.0639. The zero-order chi connectivity index (χ0) is 17.6. The average molecular weight is 337 g/mol. The van der Waals surface area contributed by atoms with Gasteiger partial charge in [-0.15, -0.1) is 0 Å². The predicted molar refractivity (Wildman–Crippen MR) is 92.0 cm³/mol. The van der Waals surface area contributed by atoms with E-state index in [9.17, 15) is 9.59 Å². The number of carbonyl (C=O) groups is 2. The van der Waals surface area contributed by atoms with Gasteiger partial charge in [0.05, 0.1) is 0 Å². The molecule has 0 aliphatic carbocycles. The van der Waals surface area contributed by atoms with Crippen molar-refractivity contribution < 1.29 is 14.3 Å². The molecular weight excluding hydrogens is 318 g/mol. The number of likely N-dealkylation sites (N-methyl/N-ethyl adjacent to an activating group) is 1. The van der Waals surface area contributed by atoms with Crippen LogP contribution in [0.2, 0.25) is 0 Å². The summed E-state index contributed by atoms with van der Waals surface area (Å²) in [7, 11) is 2.03. The molecule has 6 heteroatoms. The van der Waals surface area contributed by atoms with E-state index in [0.29, 0.717) is 12.3 Å². The number of nitrogens with two attached hydrogens (primary N) is 1. The number of ether oxygens (including phenoxy) is 1. The van der Waals surface area contributed by atoms with Gasteiger partial charge in [-0.25, -0.2) is 0 Å². The lowest BCUT2D eigenvalue weighted by Crippen LogP contribution is -2.47. The van der Waals surface area contributed by atoms with Gasteiger partial charge in [0, 0.05) is 24.2 Å². The van der Waals surface area contributed by atoms with Crippen molar-refractivity contribution in [3.63, 3.8) is 0 Å². The van der Waals surface area contributed by atoms with Crippen molar-refractivity contribution in [1.29, 1.82) is 0 Å². The lowest BCUT2D eigenvalue weighted by atomic mass is 9.90. The van der Waals surface area contributed by atoms with E-state index in [1.807, 2.05) is 60.5 Å². The van der Waals surface area contributed by atoms with E-state index in [0.717, 1.165) is 23.2 Å². The third-order valence-electron chi connectivity index (χ3n) is 5.02. The number of rotatable bonds is 4. The molecule has 2 aliphatic rings. The second-order valence-corrected chi connectivity index (χ2v) is 6.38. The Hall–Kier alpha value is -2.86. The molecule has 0 aromatic heterocycles. The van der Waals surface area contributed by atoms with Crippen molar-refractivity contribution in [3.8, 4) is 5.75 Å². The lowest BCUT2D eigenvalue weighted by Gasteiger charge is -2.38. The highest BCUT2D eigenvalue weighted by atomic mass is 16.5. The maximum atomic E-state index is 12.9. The summed E-state index contributed by atoms with van der Waals surface area (Å²) in [5, 5.41) is 0. The summed E-state index contributed by atoms with van der Waals surface area (Å²) >= 11 is 0. The molecule has 0 radical (unpaired) electrons. The van der Waals surface area contributed by atoms with Crippen LogP contribution in [-0.2, 0) is 10.5 Å². The van der Waals surface area contributed by atoms with Gasteiger partial charge in [0.25, 0.3) is 11.8 Å². The van der Waals surface area contributed by atoms with E-state index < -0.39 is 11.6 Å². The highest BCUT2D eigenvalue weighted by molar-refractivity contribution is 6.01. The molecule has 2 aromatic carbocycles. The molecule has 0 spiro atoms. The van der Waals surface area contributed by atoms with Crippen molar-refractivity contribution in [2.24, 2.45) is 5.73 Å². The van der Waals surface area contributed by atoms with Crippen LogP contribution in [0.4, 0.5) is 0 Å². The summed E-state index contributed by atoms with van der Waals surface area (Å²) in [6.45, 7) is 1.34. The molecule has 4 rings (SSSR count). The number of hydrogen-bond acceptors (Lipinski definition) is 4. The van der Waals surface area contributed by atoms with Crippen LogP contribution in [0, 0.1) is 0 Å². The molecule has 6 nitrogen and oxygen atoms in total. The van der Waals surface area contributed by atoms with Gasteiger partial charge in [-0.05, 0) is 30.8 Å². The molecular formula is C19H19N3O3. The standard InChI is InChI=1S/C19H19N3O3/c1-21-10-11-22-18(24)15-4-2-3-5-16(15)19(21,22)13-6-8-14(9-7-13)25-12-17(20)23/h2-9H,10-12H2,1H3,(H2,20,23). The Morgan fingerprint density at radius 3 is 2.60 bits per heavy atom. The van der Waals surface area contributed by atoms with Crippen LogP contribution < -0.4 is 10.5 Å². The first-order valence-corrected chi connectivity index (χ1v) is 8.19. The van der Waals surface area contributed by atoms with E-state index in [4.69, 9.17) is 10.5 Å². The summed E-state index contributed by atoms with van der Waals surface area (Å²) < 4.78 is 5.34. The molecule has 25 heavy (non-hydrogen) atoms. The summed E-state index contributed by atoms with van der Waals surface area (Å²) in [5.74, 6) is 0.123. The normalized spacial score (nSPS) is 22.0. The van der Waals surface area contributed by atoms with Crippen LogP contribution in [0.15, 0.2) is 48.5 Å². The predicted octanol–water partition coefficient (Wildman–Crippen LogP) is 1.15. The molecule has 1 fully saturated rings. The van der Waals surface area contributed by atoms with E-state index in [1.165, 1.54) is 0 Å². The molecule has 2 aromatic rings. The molecule has 0 saturated carbocycles. The summed E-state index contributed by atoms with van der Waals surface area (Å²) in [5.41, 5.74) is 7.28. The number of amides is 2. The van der Waals surface area contributed by atoms with Crippen molar-refractivity contribution >= 4 is 11.8 Å². The topological polar surface area (TPSA) is 75.9 Å². The van der Waals surface area contributed by atoms with Crippen LogP contribution in [0.1, 0.15) is 21.5 Å². The molecule has 0 bridgehead atoms. The Morgan fingerprint density at radius 2 is 1.88 bits per heavy atom. The fourth-order valence-electron chi connectivity index (χ4n) is 3.97. The number of fused-ring (bicyclic) bond motifs is 3. The molecule has 128 valence electrons. The average Bonchev–Trinajstić information content (AvgIpc) is 3.09. The molecule has 2 aliphatic heterocycles. The first kappa shape index (κ1) is 15.7. The third kappa shape index (κ3) is 2.14. The second kappa shape index (κ2) is 5.60. The van der Waals surface area contributed by atoms with Gasteiger partial charge in [0.2, 0.25) is 0 Å². The zero-order valence-electron chi connectivity index (χ0n) is 13.9. The van der Waals surface area contributed by atoms with Crippen LogP contribution >= 0.6 is 0 Å². The lowest BCUT2D eigenvalue weighted by molar-refractivity contribution is -0.119. The van der Waals surface area contributed by atoms with Crippen LogP contribution in [0.5, 0.6) is 5.75 Å². The monoisotopic (exact) mass is 337 g/mol. The first-order valence-electron chi connectivity index (χ1n) is 8.19. The van der Waals surface area contributed by atoms with Gasteiger partial charge in [-0.3, -0.25) is 14.5 Å². The Bertz CT molecular complexity index is 849. The molecule has 2 N–H and O–H groups in total. The second-order valence-electron chi connectivity index (χ2n) is 6.38. The highest BCUT2D eigenvalue weighted by Gasteiger charge is 2.56. The number of primary amides is 1. The van der Waals surface area contributed by atoms with E-state index in [2.05, 4.69) is 4.90 Å². The van der Waals surface area contributed by atoms with Crippen LogP contribution in [0.3, 0.4) is 0 Å². The molecule has 2 heterocycles. The number of nitrogens with zero attached hydrogens (tertiary/aromatic N) is 2. The van der Waals surface area contributed by atoms with Crippen molar-refractivity contribution in [2.75, 3.05) is 26.7 Å². The number of hydrogen-bond donors (Lipinski definition) is 1. The van der Waals surface area contributed by atoms with E-state index >= 15 is 0 Å². The largest absolute Gasteiger partial charge is 0.484 e. The van der Waals surface area contributed by atoms with Crippen LogP contribution in [0.25, 0.3) is 0 Å². The van der Waals surface area contributed by atoms with Gasteiger partial charge in [0.15, 0.2) is 6.61 Å². The van der Waals surface area contributed by atoms with Gasteiger partial charge >= 0.3 is 0 Å². The Balaban J connectivity index is 1.79.